The Hall–Kier alpha value is -0.930. The second-order valence-electron chi connectivity index (χ2n) is 6.34. The maximum atomic E-state index is 13.5. The first-order valence-electron chi connectivity index (χ1n) is 8.03. The van der Waals surface area contributed by atoms with Crippen LogP contribution in [0, 0.1) is 0 Å². The van der Waals surface area contributed by atoms with Gasteiger partial charge in [0.2, 0.25) is 7.44 Å². The molecule has 0 aromatic heterocycles. The summed E-state index contributed by atoms with van der Waals surface area (Å²) in [5.41, 5.74) is 1.01. The summed E-state index contributed by atoms with van der Waals surface area (Å²) in [6.07, 6.45) is 8.06. The van der Waals surface area contributed by atoms with E-state index in [9.17, 15) is 9.67 Å². The van der Waals surface area contributed by atoms with Crippen LogP contribution in [-0.2, 0) is 4.57 Å². The number of benzene rings is 1. The fraction of sp³-hybridized carbons (Fsp3) is 0.529. The zero-order valence-electron chi connectivity index (χ0n) is 13.3. The monoisotopic (exact) mass is 320 g/mol. The van der Waals surface area contributed by atoms with Crippen LogP contribution in [0.25, 0.3) is 6.08 Å². The lowest BCUT2D eigenvalue weighted by atomic mass is 9.91. The third kappa shape index (κ3) is 2.59. The molecule has 3 rings (SSSR count). The molecule has 1 unspecified atom stereocenters. The minimum absolute atomic E-state index is 0.310. The first kappa shape index (κ1) is 15.9. The second kappa shape index (κ2) is 6.29. The van der Waals surface area contributed by atoms with E-state index >= 15 is 0 Å². The number of nitrogens with zero attached hydrogens (tertiary/aromatic N) is 2. The quantitative estimate of drug-likeness (QED) is 0.867. The molecule has 4 nitrogen and oxygen atoms in total. The molecule has 1 saturated carbocycles. The SMILES string of the molecule is CN1[C@@H]2CCCC[C@H]2N(C)P1(=O)C(O)C=Cc1ccccc1. The van der Waals surface area contributed by atoms with Gasteiger partial charge in [0.25, 0.3) is 0 Å². The first-order chi connectivity index (χ1) is 10.5. The first-order valence-corrected chi connectivity index (χ1v) is 9.71. The summed E-state index contributed by atoms with van der Waals surface area (Å²) < 4.78 is 17.4. The van der Waals surface area contributed by atoms with Gasteiger partial charge in [0.15, 0.2) is 5.85 Å². The summed E-state index contributed by atoms with van der Waals surface area (Å²) in [6.45, 7) is 0. The molecule has 1 aliphatic heterocycles. The van der Waals surface area contributed by atoms with Crippen molar-refractivity contribution in [1.29, 1.82) is 0 Å². The predicted molar refractivity (Wildman–Crippen MR) is 90.7 cm³/mol. The third-order valence-corrected chi connectivity index (χ3v) is 8.43. The van der Waals surface area contributed by atoms with Crippen molar-refractivity contribution < 1.29 is 9.67 Å². The molecule has 1 aromatic carbocycles. The zero-order chi connectivity index (χ0) is 15.7. The number of aliphatic hydroxyl groups is 1. The van der Waals surface area contributed by atoms with Gasteiger partial charge in [0.05, 0.1) is 0 Å². The summed E-state index contributed by atoms with van der Waals surface area (Å²) in [5.74, 6) is -0.951. The summed E-state index contributed by atoms with van der Waals surface area (Å²) in [7, 11) is 0.869. The highest BCUT2D eigenvalue weighted by atomic mass is 31.2. The molecule has 1 heterocycles. The van der Waals surface area contributed by atoms with Crippen LogP contribution in [0.2, 0.25) is 0 Å². The van der Waals surface area contributed by atoms with Gasteiger partial charge in [-0.15, -0.1) is 0 Å². The van der Waals surface area contributed by atoms with Gasteiger partial charge in [-0.2, -0.15) is 0 Å². The van der Waals surface area contributed by atoms with E-state index in [0.717, 1.165) is 18.4 Å². The highest BCUT2D eigenvalue weighted by Crippen LogP contribution is 2.64. The molecular weight excluding hydrogens is 295 g/mol. The topological polar surface area (TPSA) is 43.8 Å². The van der Waals surface area contributed by atoms with E-state index in [2.05, 4.69) is 0 Å². The number of fused-ring (bicyclic) bond motifs is 1. The molecule has 1 saturated heterocycles. The maximum absolute atomic E-state index is 13.5. The van der Waals surface area contributed by atoms with E-state index in [0.29, 0.717) is 12.1 Å². The van der Waals surface area contributed by atoms with E-state index in [1.807, 2.05) is 59.8 Å². The van der Waals surface area contributed by atoms with E-state index in [1.54, 1.807) is 6.08 Å². The molecule has 2 aliphatic rings. The van der Waals surface area contributed by atoms with Crippen molar-refractivity contribution in [3.05, 3.63) is 42.0 Å². The highest BCUT2D eigenvalue weighted by Gasteiger charge is 2.54. The summed E-state index contributed by atoms with van der Waals surface area (Å²) >= 11 is 0. The fourth-order valence-electron chi connectivity index (χ4n) is 3.86. The van der Waals surface area contributed by atoms with Gasteiger partial charge in [0.1, 0.15) is 0 Å². The average molecular weight is 320 g/mol. The van der Waals surface area contributed by atoms with Gasteiger partial charge in [-0.05, 0) is 38.6 Å². The van der Waals surface area contributed by atoms with Crippen LogP contribution in [0.1, 0.15) is 31.2 Å². The van der Waals surface area contributed by atoms with E-state index in [-0.39, 0.29) is 0 Å². The second-order valence-corrected chi connectivity index (χ2v) is 9.31. The molecule has 1 aromatic rings. The highest BCUT2D eigenvalue weighted by molar-refractivity contribution is 7.60. The summed E-state index contributed by atoms with van der Waals surface area (Å²) in [6, 6.07) is 10.4. The average Bonchev–Trinajstić information content (AvgIpc) is 2.77. The van der Waals surface area contributed by atoms with Crippen LogP contribution in [-0.4, -0.2) is 46.5 Å². The standard InChI is InChI=1S/C17H25N2O2P/c1-18-15-10-6-7-11-16(15)19(2)22(18,21)17(20)13-12-14-8-4-3-5-9-14/h3-5,8-9,12-13,15-17,20H,6-7,10-11H2,1-2H3/t15-,16-,17?/m1/s1. The molecular formula is C17H25N2O2P. The fourth-order valence-corrected chi connectivity index (χ4v) is 6.75. The number of likely N-dealkylation sites (N-methyl/N-ethyl adjacent to an activating group) is 2. The van der Waals surface area contributed by atoms with Crippen LogP contribution in [0.3, 0.4) is 0 Å². The molecule has 0 spiro atoms. The lowest BCUT2D eigenvalue weighted by molar-refractivity contribution is 0.233. The van der Waals surface area contributed by atoms with Crippen LogP contribution < -0.4 is 0 Å². The molecule has 5 heteroatoms. The molecule has 3 atom stereocenters. The molecule has 1 N–H and O–H groups in total. The van der Waals surface area contributed by atoms with Gasteiger partial charge in [0, 0.05) is 12.1 Å². The van der Waals surface area contributed by atoms with Gasteiger partial charge < -0.3 is 5.11 Å². The van der Waals surface area contributed by atoms with Crippen molar-refractivity contribution in [1.82, 2.24) is 9.34 Å². The molecule has 1 aliphatic carbocycles. The lowest BCUT2D eigenvalue weighted by Gasteiger charge is -2.29. The van der Waals surface area contributed by atoms with Gasteiger partial charge >= 0.3 is 0 Å². The van der Waals surface area contributed by atoms with Crippen LogP contribution in [0.4, 0.5) is 0 Å². The van der Waals surface area contributed by atoms with Crippen molar-refractivity contribution in [3.63, 3.8) is 0 Å². The van der Waals surface area contributed by atoms with E-state index in [4.69, 9.17) is 0 Å². The van der Waals surface area contributed by atoms with Gasteiger partial charge in [-0.1, -0.05) is 49.2 Å². The van der Waals surface area contributed by atoms with Crippen molar-refractivity contribution >= 4 is 13.5 Å². The normalized spacial score (nSPS) is 30.5. The minimum Gasteiger partial charge on any atom is -0.378 e. The van der Waals surface area contributed by atoms with Gasteiger partial charge in [-0.3, -0.25) is 4.57 Å². The Balaban J connectivity index is 1.82. The third-order valence-electron chi connectivity index (χ3n) is 5.16. The zero-order valence-corrected chi connectivity index (χ0v) is 14.2. The number of hydrogen-bond acceptors (Lipinski definition) is 2. The number of aliphatic hydroxyl groups excluding tert-OH is 1. The maximum Gasteiger partial charge on any atom is 0.248 e. The van der Waals surface area contributed by atoms with Crippen molar-refractivity contribution in [2.75, 3.05) is 14.1 Å². The molecule has 120 valence electrons. The van der Waals surface area contributed by atoms with E-state index in [1.165, 1.54) is 12.8 Å². The Morgan fingerprint density at radius 2 is 1.68 bits per heavy atom. The molecule has 0 bridgehead atoms. The van der Waals surface area contributed by atoms with Crippen LogP contribution in [0.15, 0.2) is 36.4 Å². The smallest absolute Gasteiger partial charge is 0.248 e. The molecule has 0 radical (unpaired) electrons. The van der Waals surface area contributed by atoms with E-state index < -0.39 is 13.3 Å². The van der Waals surface area contributed by atoms with Gasteiger partial charge in [-0.25, -0.2) is 9.34 Å². The summed E-state index contributed by atoms with van der Waals surface area (Å²) in [5, 5.41) is 10.6. The summed E-state index contributed by atoms with van der Waals surface area (Å²) in [4.78, 5) is 0. The van der Waals surface area contributed by atoms with Crippen LogP contribution in [0.5, 0.6) is 0 Å². The largest absolute Gasteiger partial charge is 0.378 e. The molecule has 0 amide bonds. The predicted octanol–water partition coefficient (Wildman–Crippen LogP) is 3.40. The Morgan fingerprint density at radius 1 is 1.14 bits per heavy atom. The Morgan fingerprint density at radius 3 is 2.23 bits per heavy atom. The van der Waals surface area contributed by atoms with Crippen molar-refractivity contribution in [2.45, 2.75) is 43.6 Å². The number of hydrogen-bond donors (Lipinski definition) is 1. The van der Waals surface area contributed by atoms with Crippen LogP contribution >= 0.6 is 7.44 Å². The Labute approximate surface area is 132 Å². The Kier molecular flexibility index (Phi) is 4.56. The van der Waals surface area contributed by atoms with Crippen molar-refractivity contribution in [3.8, 4) is 0 Å². The molecule has 2 fully saturated rings. The number of rotatable bonds is 3. The lowest BCUT2D eigenvalue weighted by Crippen LogP contribution is -2.37. The Bertz CT molecular complexity index is 568. The minimum atomic E-state index is -2.95. The molecule has 22 heavy (non-hydrogen) atoms. The van der Waals surface area contributed by atoms with Crippen molar-refractivity contribution in [2.24, 2.45) is 0 Å².